The summed E-state index contributed by atoms with van der Waals surface area (Å²) in [6.45, 7) is -2.80. The number of anilines is 2. The maximum absolute atomic E-state index is 13.4. The van der Waals surface area contributed by atoms with Crippen molar-refractivity contribution < 1.29 is 27.2 Å². The van der Waals surface area contributed by atoms with Crippen LogP contribution >= 0.6 is 23.2 Å². The molecule has 3 heterocycles. The lowest BCUT2D eigenvalue weighted by atomic mass is 10.2. The summed E-state index contributed by atoms with van der Waals surface area (Å²) in [7, 11) is 0. The summed E-state index contributed by atoms with van der Waals surface area (Å²) in [6.07, 6.45) is 2.42. The molecular formula is C20H14Cl2F4N6O2. The molecule has 1 aromatic carbocycles. The van der Waals surface area contributed by atoms with E-state index in [-0.39, 0.29) is 32.8 Å². The highest BCUT2D eigenvalue weighted by Gasteiger charge is 2.63. The number of halogens is 6. The first-order valence-electron chi connectivity index (χ1n) is 9.51. The van der Waals surface area contributed by atoms with Crippen LogP contribution < -0.4 is 11.1 Å². The van der Waals surface area contributed by atoms with Crippen LogP contribution in [0.4, 0.5) is 29.1 Å². The molecule has 1 fully saturated rings. The maximum Gasteiger partial charge on any atom is 0.329 e. The van der Waals surface area contributed by atoms with Gasteiger partial charge in [0.2, 0.25) is 0 Å². The predicted molar refractivity (Wildman–Crippen MR) is 115 cm³/mol. The Hall–Kier alpha value is -3.38. The standard InChI is InChI=1S/C20H14Cl2F4N6O2/c21-11-2-1-3-12(22)16(11)32-7-13(15(30-32)17(27)33)29-14-5-4-10(6-28-14)18(34)31-8-19(23,24)20(25,26)9-31/h1-7H,8-9H2,(H2,27,33)(H,28,29). The van der Waals surface area contributed by atoms with Gasteiger partial charge in [0.15, 0.2) is 5.69 Å². The molecule has 4 rings (SSSR count). The monoisotopic (exact) mass is 516 g/mol. The number of carbonyl (C=O) groups excluding carboxylic acids is 2. The van der Waals surface area contributed by atoms with E-state index >= 15 is 0 Å². The molecule has 1 saturated heterocycles. The quantitative estimate of drug-likeness (QED) is 0.495. The molecule has 2 aromatic heterocycles. The van der Waals surface area contributed by atoms with Gasteiger partial charge in [-0.05, 0) is 24.3 Å². The van der Waals surface area contributed by atoms with Gasteiger partial charge in [0.1, 0.15) is 11.5 Å². The second-order valence-electron chi connectivity index (χ2n) is 7.40. The molecule has 0 atom stereocenters. The van der Waals surface area contributed by atoms with Gasteiger partial charge in [-0.25, -0.2) is 9.67 Å². The van der Waals surface area contributed by atoms with Crippen LogP contribution in [0, 0.1) is 0 Å². The highest BCUT2D eigenvalue weighted by atomic mass is 35.5. The zero-order valence-corrected chi connectivity index (χ0v) is 18.4. The van der Waals surface area contributed by atoms with E-state index in [0.29, 0.717) is 10.6 Å². The Balaban J connectivity index is 1.57. The molecule has 0 saturated carbocycles. The molecule has 1 aliphatic heterocycles. The van der Waals surface area contributed by atoms with Crippen LogP contribution in [0.15, 0.2) is 42.7 Å². The summed E-state index contributed by atoms with van der Waals surface area (Å²) in [4.78, 5) is 28.6. The summed E-state index contributed by atoms with van der Waals surface area (Å²) in [5.74, 6) is -10.4. The topological polar surface area (TPSA) is 106 Å². The first-order valence-corrected chi connectivity index (χ1v) is 10.3. The van der Waals surface area contributed by atoms with E-state index in [1.807, 2.05) is 0 Å². The van der Waals surface area contributed by atoms with Crippen molar-refractivity contribution in [3.05, 3.63) is 64.0 Å². The maximum atomic E-state index is 13.4. The number of likely N-dealkylation sites (tertiary alicyclic amines) is 1. The second kappa shape index (κ2) is 8.44. The van der Waals surface area contributed by atoms with E-state index in [0.717, 1.165) is 6.20 Å². The molecule has 34 heavy (non-hydrogen) atoms. The lowest BCUT2D eigenvalue weighted by molar-refractivity contribution is -0.172. The molecule has 0 aliphatic carbocycles. The number of pyridine rings is 1. The summed E-state index contributed by atoms with van der Waals surface area (Å²) in [5.41, 5.74) is 5.49. The van der Waals surface area contributed by atoms with Crippen molar-refractivity contribution in [1.82, 2.24) is 19.7 Å². The van der Waals surface area contributed by atoms with Crippen molar-refractivity contribution in [3.8, 4) is 5.69 Å². The van der Waals surface area contributed by atoms with Crippen molar-refractivity contribution >= 4 is 46.5 Å². The Morgan fingerprint density at radius 1 is 1.03 bits per heavy atom. The number of rotatable bonds is 5. The van der Waals surface area contributed by atoms with Crippen LogP contribution in [0.1, 0.15) is 20.8 Å². The molecular weight excluding hydrogens is 503 g/mol. The van der Waals surface area contributed by atoms with Gasteiger partial charge in [-0.15, -0.1) is 0 Å². The summed E-state index contributed by atoms with van der Waals surface area (Å²) >= 11 is 12.4. The fourth-order valence-electron chi connectivity index (χ4n) is 3.29. The lowest BCUT2D eigenvalue weighted by Crippen LogP contribution is -2.38. The molecule has 8 nitrogen and oxygen atoms in total. The van der Waals surface area contributed by atoms with E-state index < -0.39 is 36.7 Å². The van der Waals surface area contributed by atoms with Crippen LogP contribution in [0.3, 0.4) is 0 Å². The average molecular weight is 517 g/mol. The van der Waals surface area contributed by atoms with E-state index in [4.69, 9.17) is 28.9 Å². The van der Waals surface area contributed by atoms with Gasteiger partial charge in [0.25, 0.3) is 11.8 Å². The number of nitrogens with one attached hydrogen (secondary N) is 1. The Morgan fingerprint density at radius 2 is 1.65 bits per heavy atom. The smallest absolute Gasteiger partial charge is 0.329 e. The minimum atomic E-state index is -4.31. The van der Waals surface area contributed by atoms with Gasteiger partial charge in [-0.1, -0.05) is 29.3 Å². The molecule has 1 aliphatic rings. The Kier molecular flexibility index (Phi) is 5.90. The van der Waals surface area contributed by atoms with Crippen molar-refractivity contribution in [2.24, 2.45) is 5.73 Å². The summed E-state index contributed by atoms with van der Waals surface area (Å²) in [5, 5.41) is 7.42. The van der Waals surface area contributed by atoms with Crippen molar-refractivity contribution in [2.45, 2.75) is 11.8 Å². The van der Waals surface area contributed by atoms with Crippen LogP contribution in [-0.2, 0) is 0 Å². The SMILES string of the molecule is NC(=O)c1nn(-c2c(Cl)cccc2Cl)cc1Nc1ccc(C(=O)N2CC(F)(F)C(F)(F)C2)cn1. The number of amides is 2. The normalized spacial score (nSPS) is 16.5. The number of para-hydroxylation sites is 1. The molecule has 3 aromatic rings. The highest BCUT2D eigenvalue weighted by Crippen LogP contribution is 2.41. The van der Waals surface area contributed by atoms with Gasteiger partial charge < -0.3 is 16.0 Å². The lowest BCUT2D eigenvalue weighted by Gasteiger charge is -2.14. The van der Waals surface area contributed by atoms with Gasteiger partial charge in [-0.3, -0.25) is 9.59 Å². The number of alkyl halides is 4. The second-order valence-corrected chi connectivity index (χ2v) is 8.21. The zero-order chi connectivity index (χ0) is 24.8. The van der Waals surface area contributed by atoms with Crippen molar-refractivity contribution in [3.63, 3.8) is 0 Å². The van der Waals surface area contributed by atoms with Gasteiger partial charge in [0.05, 0.1) is 40.6 Å². The number of primary amides is 1. The first-order chi connectivity index (χ1) is 15.9. The highest BCUT2D eigenvalue weighted by molar-refractivity contribution is 6.37. The largest absolute Gasteiger partial charge is 0.364 e. The Labute approximate surface area is 199 Å². The molecule has 0 radical (unpaired) electrons. The van der Waals surface area contributed by atoms with E-state index in [9.17, 15) is 27.2 Å². The average Bonchev–Trinajstić information content (AvgIpc) is 3.25. The fraction of sp³-hybridized carbons (Fsp3) is 0.200. The minimum absolute atomic E-state index is 0.126. The number of aromatic nitrogens is 3. The number of hydrogen-bond donors (Lipinski definition) is 2. The van der Waals surface area contributed by atoms with Crippen LogP contribution in [-0.4, -0.2) is 56.4 Å². The van der Waals surface area contributed by atoms with Crippen LogP contribution in [0.25, 0.3) is 5.69 Å². The van der Waals surface area contributed by atoms with Gasteiger partial charge >= 0.3 is 11.8 Å². The molecule has 14 heteroatoms. The Bertz CT molecular complexity index is 1250. The molecule has 3 N–H and O–H groups in total. The molecule has 0 unspecified atom stereocenters. The van der Waals surface area contributed by atoms with Crippen LogP contribution in [0.2, 0.25) is 10.0 Å². The molecule has 2 amide bonds. The fourth-order valence-corrected chi connectivity index (χ4v) is 3.87. The third-order valence-corrected chi connectivity index (χ3v) is 5.60. The predicted octanol–water partition coefficient (Wildman–Crippen LogP) is 4.14. The van der Waals surface area contributed by atoms with Crippen LogP contribution in [0.5, 0.6) is 0 Å². The number of hydrogen-bond acceptors (Lipinski definition) is 5. The summed E-state index contributed by atoms with van der Waals surface area (Å²) in [6, 6.07) is 7.29. The van der Waals surface area contributed by atoms with Crippen molar-refractivity contribution in [1.29, 1.82) is 0 Å². The molecule has 0 spiro atoms. The third-order valence-electron chi connectivity index (χ3n) is 4.99. The van der Waals surface area contributed by atoms with Gasteiger partial charge in [0, 0.05) is 6.20 Å². The summed E-state index contributed by atoms with van der Waals surface area (Å²) < 4.78 is 54.9. The Morgan fingerprint density at radius 3 is 2.18 bits per heavy atom. The zero-order valence-electron chi connectivity index (χ0n) is 16.9. The minimum Gasteiger partial charge on any atom is -0.364 e. The first kappa shape index (κ1) is 23.8. The van der Waals surface area contributed by atoms with Gasteiger partial charge in [-0.2, -0.15) is 22.7 Å². The van der Waals surface area contributed by atoms with E-state index in [2.05, 4.69) is 15.4 Å². The van der Waals surface area contributed by atoms with E-state index in [1.54, 1.807) is 18.2 Å². The van der Waals surface area contributed by atoms with E-state index in [1.165, 1.54) is 23.0 Å². The molecule has 178 valence electrons. The number of nitrogens with two attached hydrogens (primary N) is 1. The van der Waals surface area contributed by atoms with Crippen molar-refractivity contribution in [2.75, 3.05) is 18.4 Å². The molecule has 0 bridgehead atoms. The number of benzene rings is 1. The number of carbonyl (C=O) groups is 2. The third kappa shape index (κ3) is 4.26. The number of nitrogens with zero attached hydrogens (tertiary/aromatic N) is 4.